The number of rotatable bonds is 5. The van der Waals surface area contributed by atoms with Crippen LogP contribution in [0.3, 0.4) is 0 Å². The Bertz CT molecular complexity index is 258. The Labute approximate surface area is 79.0 Å². The highest BCUT2D eigenvalue weighted by molar-refractivity contribution is 4.91. The normalized spacial score (nSPS) is 12.3. The Balaban J connectivity index is 2.28. The molecule has 0 bridgehead atoms. The van der Waals surface area contributed by atoms with E-state index in [1.165, 1.54) is 0 Å². The lowest BCUT2D eigenvalue weighted by Crippen LogP contribution is -2.27. The number of hydrogen-bond donors (Lipinski definition) is 2. The third-order valence-corrected chi connectivity index (χ3v) is 1.97. The fraction of sp³-hybridized carbons (Fsp3) is 0.500. The molecule has 0 aliphatic rings. The summed E-state index contributed by atoms with van der Waals surface area (Å²) in [6.07, 6.45) is 10.6. The van der Waals surface area contributed by atoms with Gasteiger partial charge in [-0.2, -0.15) is 0 Å². The Morgan fingerprint density at radius 3 is 3.15 bits per heavy atom. The van der Waals surface area contributed by atoms with Gasteiger partial charge in [0.05, 0.1) is 6.54 Å². The minimum Gasteiger partial charge on any atom is -0.348 e. The molecule has 0 aromatic carbocycles. The van der Waals surface area contributed by atoms with Crippen LogP contribution in [0.4, 0.5) is 0 Å². The molecule has 1 atom stereocenters. The van der Waals surface area contributed by atoms with Crippen LogP contribution in [-0.2, 0) is 6.54 Å². The lowest BCUT2D eigenvalue weighted by Gasteiger charge is -2.12. The van der Waals surface area contributed by atoms with Gasteiger partial charge >= 0.3 is 0 Å². The largest absolute Gasteiger partial charge is 0.348 e. The average Bonchev–Trinajstić information content (AvgIpc) is 2.64. The molecule has 0 aliphatic heterocycles. The molecule has 13 heavy (non-hydrogen) atoms. The monoisotopic (exact) mass is 177 g/mol. The summed E-state index contributed by atoms with van der Waals surface area (Å²) in [5.74, 6) is 3.61. The van der Waals surface area contributed by atoms with Gasteiger partial charge in [0.2, 0.25) is 0 Å². The summed E-state index contributed by atoms with van der Waals surface area (Å²) in [5, 5.41) is 3.34. The predicted molar refractivity (Wildman–Crippen MR) is 53.0 cm³/mol. The van der Waals surface area contributed by atoms with Crippen LogP contribution in [0.1, 0.15) is 25.6 Å². The summed E-state index contributed by atoms with van der Waals surface area (Å²) in [6.45, 7) is 2.88. The van der Waals surface area contributed by atoms with E-state index in [9.17, 15) is 0 Å². The van der Waals surface area contributed by atoms with Gasteiger partial charge in [-0.15, -0.1) is 12.3 Å². The second-order valence-electron chi connectivity index (χ2n) is 2.93. The standard InChI is InChI=1S/C10H15N3/c1-3-5-9(4-2)13-8-10-11-6-7-12-10/h1,6-7,9,13H,4-5,8H2,2H3,(H,11,12). The van der Waals surface area contributed by atoms with Crippen molar-refractivity contribution in [1.29, 1.82) is 0 Å². The van der Waals surface area contributed by atoms with E-state index in [-0.39, 0.29) is 0 Å². The van der Waals surface area contributed by atoms with Gasteiger partial charge in [-0.3, -0.25) is 0 Å². The maximum atomic E-state index is 5.24. The number of nitrogens with zero attached hydrogens (tertiary/aromatic N) is 1. The zero-order chi connectivity index (χ0) is 9.52. The third kappa shape index (κ3) is 3.30. The van der Waals surface area contributed by atoms with Gasteiger partial charge in [-0.25, -0.2) is 4.98 Å². The van der Waals surface area contributed by atoms with Gasteiger partial charge in [0, 0.05) is 24.9 Å². The second kappa shape index (κ2) is 5.39. The highest BCUT2D eigenvalue weighted by Gasteiger charge is 2.03. The number of nitrogens with one attached hydrogen (secondary N) is 2. The molecule has 70 valence electrons. The molecule has 3 heteroatoms. The molecule has 0 saturated heterocycles. The maximum absolute atomic E-state index is 5.24. The van der Waals surface area contributed by atoms with E-state index in [2.05, 4.69) is 28.1 Å². The van der Waals surface area contributed by atoms with Crippen LogP contribution >= 0.6 is 0 Å². The Hall–Kier alpha value is -1.27. The Morgan fingerprint density at radius 1 is 1.77 bits per heavy atom. The molecular formula is C10H15N3. The second-order valence-corrected chi connectivity index (χ2v) is 2.93. The average molecular weight is 177 g/mol. The fourth-order valence-electron chi connectivity index (χ4n) is 1.14. The van der Waals surface area contributed by atoms with E-state index >= 15 is 0 Å². The molecular weight excluding hydrogens is 162 g/mol. The van der Waals surface area contributed by atoms with Gasteiger partial charge < -0.3 is 10.3 Å². The van der Waals surface area contributed by atoms with Crippen LogP contribution in [-0.4, -0.2) is 16.0 Å². The molecule has 1 heterocycles. The number of hydrogen-bond acceptors (Lipinski definition) is 2. The van der Waals surface area contributed by atoms with Crippen LogP contribution in [0.2, 0.25) is 0 Å². The van der Waals surface area contributed by atoms with Crippen molar-refractivity contribution in [2.75, 3.05) is 0 Å². The lowest BCUT2D eigenvalue weighted by molar-refractivity contribution is 0.499. The van der Waals surface area contributed by atoms with Crippen molar-refractivity contribution in [3.8, 4) is 12.3 Å². The van der Waals surface area contributed by atoms with Crippen LogP contribution in [0, 0.1) is 12.3 Å². The third-order valence-electron chi connectivity index (χ3n) is 1.97. The Morgan fingerprint density at radius 2 is 2.62 bits per heavy atom. The number of H-pyrrole nitrogens is 1. The Kier molecular flexibility index (Phi) is 4.07. The highest BCUT2D eigenvalue weighted by Crippen LogP contribution is 1.97. The predicted octanol–water partition coefficient (Wildman–Crippen LogP) is 1.30. The van der Waals surface area contributed by atoms with Gasteiger partial charge in [0.1, 0.15) is 5.82 Å². The zero-order valence-corrected chi connectivity index (χ0v) is 7.88. The molecule has 2 N–H and O–H groups in total. The molecule has 0 spiro atoms. The fourth-order valence-corrected chi connectivity index (χ4v) is 1.14. The van der Waals surface area contributed by atoms with Crippen LogP contribution in [0.5, 0.6) is 0 Å². The molecule has 1 unspecified atom stereocenters. The summed E-state index contributed by atoms with van der Waals surface area (Å²) >= 11 is 0. The molecule has 3 nitrogen and oxygen atoms in total. The molecule has 0 fully saturated rings. The van der Waals surface area contributed by atoms with E-state index in [1.807, 2.05) is 6.20 Å². The lowest BCUT2D eigenvalue weighted by atomic mass is 10.1. The van der Waals surface area contributed by atoms with E-state index in [1.54, 1.807) is 6.20 Å². The zero-order valence-electron chi connectivity index (χ0n) is 7.88. The molecule has 0 amide bonds. The van der Waals surface area contributed by atoms with Crippen molar-refractivity contribution in [3.63, 3.8) is 0 Å². The van der Waals surface area contributed by atoms with Gasteiger partial charge in [0.25, 0.3) is 0 Å². The minimum absolute atomic E-state index is 0.398. The number of imidazole rings is 1. The summed E-state index contributed by atoms with van der Waals surface area (Å²) in [5.41, 5.74) is 0. The first-order valence-corrected chi connectivity index (χ1v) is 4.52. The van der Waals surface area contributed by atoms with E-state index in [0.29, 0.717) is 6.04 Å². The SMILES string of the molecule is C#CCC(CC)NCc1ncc[nH]1. The van der Waals surface area contributed by atoms with E-state index in [4.69, 9.17) is 6.42 Å². The molecule has 0 saturated carbocycles. The summed E-state index contributed by atoms with van der Waals surface area (Å²) in [6, 6.07) is 0.398. The van der Waals surface area contributed by atoms with Crippen LogP contribution < -0.4 is 5.32 Å². The first-order chi connectivity index (χ1) is 6.36. The molecule has 0 aliphatic carbocycles. The van der Waals surface area contributed by atoms with Crippen LogP contribution in [0.15, 0.2) is 12.4 Å². The summed E-state index contributed by atoms with van der Waals surface area (Å²) in [7, 11) is 0. The van der Waals surface area contributed by atoms with Crippen molar-refractivity contribution in [3.05, 3.63) is 18.2 Å². The first kappa shape index (κ1) is 9.82. The molecule has 1 rings (SSSR count). The summed E-state index contributed by atoms with van der Waals surface area (Å²) in [4.78, 5) is 7.15. The number of aromatic amines is 1. The first-order valence-electron chi connectivity index (χ1n) is 4.52. The van der Waals surface area contributed by atoms with Crippen molar-refractivity contribution in [2.45, 2.75) is 32.4 Å². The van der Waals surface area contributed by atoms with E-state index in [0.717, 1.165) is 25.2 Å². The van der Waals surface area contributed by atoms with Crippen molar-refractivity contribution in [2.24, 2.45) is 0 Å². The smallest absolute Gasteiger partial charge is 0.120 e. The van der Waals surface area contributed by atoms with Gasteiger partial charge in [-0.1, -0.05) is 6.92 Å². The maximum Gasteiger partial charge on any atom is 0.120 e. The minimum atomic E-state index is 0.398. The summed E-state index contributed by atoms with van der Waals surface area (Å²) < 4.78 is 0. The highest BCUT2D eigenvalue weighted by atomic mass is 15.0. The van der Waals surface area contributed by atoms with Crippen molar-refractivity contribution < 1.29 is 0 Å². The topological polar surface area (TPSA) is 40.7 Å². The van der Waals surface area contributed by atoms with E-state index < -0.39 is 0 Å². The van der Waals surface area contributed by atoms with Gasteiger partial charge in [0.15, 0.2) is 0 Å². The van der Waals surface area contributed by atoms with Crippen LogP contribution in [0.25, 0.3) is 0 Å². The molecule has 1 aromatic heterocycles. The molecule has 1 aromatic rings. The quantitative estimate of drug-likeness (QED) is 0.666. The number of terminal acetylenes is 1. The number of aromatic nitrogens is 2. The molecule has 0 radical (unpaired) electrons. The van der Waals surface area contributed by atoms with Crippen molar-refractivity contribution >= 4 is 0 Å². The van der Waals surface area contributed by atoms with Gasteiger partial charge in [-0.05, 0) is 6.42 Å². The van der Waals surface area contributed by atoms with Crippen molar-refractivity contribution in [1.82, 2.24) is 15.3 Å².